The number of aliphatic hydroxyl groups is 1. The molecule has 3 rings (SSSR count). The highest BCUT2D eigenvalue weighted by atomic mass is 32.2. The van der Waals surface area contributed by atoms with E-state index in [1.54, 1.807) is 36.4 Å². The molecule has 8 nitrogen and oxygen atoms in total. The second kappa shape index (κ2) is 8.22. The van der Waals surface area contributed by atoms with Gasteiger partial charge in [0.15, 0.2) is 15.6 Å². The van der Waals surface area contributed by atoms with Crippen molar-refractivity contribution in [3.8, 4) is 5.75 Å². The molecule has 29 heavy (non-hydrogen) atoms. The minimum Gasteiger partial charge on any atom is -0.508 e. The molecule has 1 amide bonds. The summed E-state index contributed by atoms with van der Waals surface area (Å²) < 4.78 is 23.9. The van der Waals surface area contributed by atoms with E-state index >= 15 is 0 Å². The number of nitrogens with zero attached hydrogens (tertiary/aromatic N) is 1. The number of nitrogens with one attached hydrogen (secondary N) is 1. The van der Waals surface area contributed by atoms with Gasteiger partial charge in [-0.25, -0.2) is 8.42 Å². The second-order valence-corrected chi connectivity index (χ2v) is 9.19. The zero-order valence-corrected chi connectivity index (χ0v) is 16.6. The quantitative estimate of drug-likeness (QED) is 0.602. The molecule has 3 N–H and O–H groups in total. The summed E-state index contributed by atoms with van der Waals surface area (Å²) in [6.07, 6.45) is -1.15. The van der Waals surface area contributed by atoms with Gasteiger partial charge < -0.3 is 20.4 Å². The summed E-state index contributed by atoms with van der Waals surface area (Å²) in [4.78, 5) is 25.4. The number of phenols is 1. The minimum atomic E-state index is -3.43. The predicted molar refractivity (Wildman–Crippen MR) is 109 cm³/mol. The monoisotopic (exact) mass is 418 g/mol. The van der Waals surface area contributed by atoms with Gasteiger partial charge in [0.2, 0.25) is 5.91 Å². The molecular weight excluding hydrogens is 396 g/mol. The van der Waals surface area contributed by atoms with E-state index in [9.17, 15) is 28.2 Å². The average molecular weight is 418 g/mol. The zero-order chi connectivity index (χ0) is 21.2. The number of sulfone groups is 1. The van der Waals surface area contributed by atoms with Crippen LogP contribution in [0.15, 0.2) is 48.5 Å². The maximum atomic E-state index is 12.6. The Hall–Kier alpha value is -2.91. The minimum absolute atomic E-state index is 0.0388. The van der Waals surface area contributed by atoms with Crippen LogP contribution in [0.2, 0.25) is 0 Å². The van der Waals surface area contributed by atoms with Crippen LogP contribution in [-0.4, -0.2) is 60.5 Å². The van der Waals surface area contributed by atoms with Crippen molar-refractivity contribution < 1.29 is 28.2 Å². The van der Waals surface area contributed by atoms with Gasteiger partial charge >= 0.3 is 0 Å². The van der Waals surface area contributed by atoms with Crippen molar-refractivity contribution in [2.24, 2.45) is 0 Å². The topological polar surface area (TPSA) is 124 Å². The van der Waals surface area contributed by atoms with Gasteiger partial charge in [0.1, 0.15) is 5.75 Å². The van der Waals surface area contributed by atoms with E-state index in [0.717, 1.165) is 0 Å². The fourth-order valence-electron chi connectivity index (χ4n) is 3.32. The predicted octanol–water partition coefficient (Wildman–Crippen LogP) is 1.20. The number of hydrogen-bond acceptors (Lipinski definition) is 7. The molecule has 1 fully saturated rings. The molecule has 9 heteroatoms. The summed E-state index contributed by atoms with van der Waals surface area (Å²) in [5.41, 5.74) is 1.42. The average Bonchev–Trinajstić information content (AvgIpc) is 2.92. The molecule has 2 aromatic rings. The highest BCUT2D eigenvalue weighted by molar-refractivity contribution is 7.91. The van der Waals surface area contributed by atoms with Crippen molar-refractivity contribution in [2.45, 2.75) is 19.1 Å². The molecule has 2 aromatic carbocycles. The number of Topliss-reactive ketones (excluding diaryl/α,β-unsaturated/α-hetero) is 1. The van der Waals surface area contributed by atoms with Gasteiger partial charge in [-0.1, -0.05) is 6.07 Å². The smallest absolute Gasteiger partial charge is 0.243 e. The Morgan fingerprint density at radius 3 is 2.38 bits per heavy atom. The van der Waals surface area contributed by atoms with Crippen LogP contribution in [0, 0.1) is 0 Å². The van der Waals surface area contributed by atoms with Gasteiger partial charge in [-0.2, -0.15) is 0 Å². The largest absolute Gasteiger partial charge is 0.508 e. The first-order valence-corrected chi connectivity index (χ1v) is 10.8. The van der Waals surface area contributed by atoms with E-state index in [-0.39, 0.29) is 29.6 Å². The van der Waals surface area contributed by atoms with Gasteiger partial charge in [-0.15, -0.1) is 0 Å². The number of anilines is 2. The van der Waals surface area contributed by atoms with Crippen LogP contribution >= 0.6 is 0 Å². The van der Waals surface area contributed by atoms with Crippen molar-refractivity contribution in [2.75, 3.05) is 28.3 Å². The summed E-state index contributed by atoms with van der Waals surface area (Å²) in [6, 6.07) is 11.7. The molecule has 1 saturated heterocycles. The van der Waals surface area contributed by atoms with Crippen LogP contribution in [-0.2, 0) is 14.6 Å². The molecule has 0 spiro atoms. The SMILES string of the molecule is CC(=O)c1ccc(NC(=O)CN(c2cccc(O)c2)C2CS(=O)(=O)CC2O)cc1. The van der Waals surface area contributed by atoms with Gasteiger partial charge in [0, 0.05) is 23.0 Å². The number of hydrogen-bond donors (Lipinski definition) is 3. The zero-order valence-electron chi connectivity index (χ0n) is 15.8. The number of ketones is 1. The molecule has 1 aliphatic heterocycles. The molecular formula is C20H22N2O6S. The molecule has 0 radical (unpaired) electrons. The van der Waals surface area contributed by atoms with Crippen molar-refractivity contribution in [1.82, 2.24) is 0 Å². The Morgan fingerprint density at radius 1 is 1.14 bits per heavy atom. The normalized spacial score (nSPS) is 20.2. The first-order valence-electron chi connectivity index (χ1n) is 8.99. The third-order valence-corrected chi connectivity index (χ3v) is 6.44. The number of aromatic hydroxyl groups is 1. The Morgan fingerprint density at radius 2 is 1.83 bits per heavy atom. The Kier molecular flexibility index (Phi) is 5.90. The summed E-state index contributed by atoms with van der Waals surface area (Å²) in [7, 11) is -3.43. The van der Waals surface area contributed by atoms with Crippen LogP contribution < -0.4 is 10.2 Å². The summed E-state index contributed by atoms with van der Waals surface area (Å²) in [5.74, 6) is -1.22. The Bertz CT molecular complexity index is 1020. The molecule has 1 heterocycles. The highest BCUT2D eigenvalue weighted by Crippen LogP contribution is 2.27. The third-order valence-electron chi connectivity index (χ3n) is 4.74. The Balaban J connectivity index is 1.81. The van der Waals surface area contributed by atoms with Crippen molar-refractivity contribution >= 4 is 32.9 Å². The maximum Gasteiger partial charge on any atom is 0.243 e. The lowest BCUT2D eigenvalue weighted by Gasteiger charge is -2.31. The first kappa shape index (κ1) is 20.8. The van der Waals surface area contributed by atoms with Gasteiger partial charge in [-0.05, 0) is 43.3 Å². The van der Waals surface area contributed by atoms with Crippen LogP contribution in [0.5, 0.6) is 5.75 Å². The molecule has 0 aliphatic carbocycles. The van der Waals surface area contributed by atoms with E-state index in [1.807, 2.05) is 0 Å². The lowest BCUT2D eigenvalue weighted by molar-refractivity contribution is -0.115. The molecule has 0 saturated carbocycles. The van der Waals surface area contributed by atoms with Crippen molar-refractivity contribution in [3.63, 3.8) is 0 Å². The van der Waals surface area contributed by atoms with Crippen LogP contribution in [0.1, 0.15) is 17.3 Å². The molecule has 1 aliphatic rings. The summed E-state index contributed by atoms with van der Waals surface area (Å²) >= 11 is 0. The Labute approximate surface area is 168 Å². The fraction of sp³-hybridized carbons (Fsp3) is 0.300. The first-order chi connectivity index (χ1) is 13.6. The van der Waals surface area contributed by atoms with Gasteiger partial charge in [0.05, 0.1) is 30.2 Å². The van der Waals surface area contributed by atoms with E-state index < -0.39 is 27.9 Å². The standard InChI is InChI=1S/C20H22N2O6S/c1-13(23)14-5-7-15(8-6-14)21-20(26)10-22(16-3-2-4-17(24)9-16)18-11-29(27,28)12-19(18)25/h2-9,18-19,24-25H,10-12H2,1H3,(H,21,26). The van der Waals surface area contributed by atoms with Gasteiger partial charge in [-0.3, -0.25) is 9.59 Å². The van der Waals surface area contributed by atoms with Crippen molar-refractivity contribution in [3.05, 3.63) is 54.1 Å². The molecule has 154 valence electrons. The van der Waals surface area contributed by atoms with E-state index in [1.165, 1.54) is 24.0 Å². The van der Waals surface area contributed by atoms with Gasteiger partial charge in [0.25, 0.3) is 0 Å². The number of phenolic OH excluding ortho intramolecular Hbond substituents is 1. The molecule has 0 aromatic heterocycles. The van der Waals surface area contributed by atoms with E-state index in [0.29, 0.717) is 16.9 Å². The highest BCUT2D eigenvalue weighted by Gasteiger charge is 2.40. The molecule has 2 atom stereocenters. The number of carbonyl (C=O) groups is 2. The number of carbonyl (C=O) groups excluding carboxylic acids is 2. The lowest BCUT2D eigenvalue weighted by Crippen LogP contribution is -2.47. The lowest BCUT2D eigenvalue weighted by atomic mass is 10.1. The summed E-state index contributed by atoms with van der Waals surface area (Å²) in [5, 5.41) is 22.7. The maximum absolute atomic E-state index is 12.6. The number of benzene rings is 2. The third kappa shape index (κ3) is 5.12. The summed E-state index contributed by atoms with van der Waals surface area (Å²) in [6.45, 7) is 1.22. The van der Waals surface area contributed by atoms with Crippen LogP contribution in [0.25, 0.3) is 0 Å². The van der Waals surface area contributed by atoms with Crippen LogP contribution in [0.3, 0.4) is 0 Å². The van der Waals surface area contributed by atoms with E-state index in [4.69, 9.17) is 0 Å². The second-order valence-electron chi connectivity index (χ2n) is 7.04. The number of amides is 1. The van der Waals surface area contributed by atoms with Crippen LogP contribution in [0.4, 0.5) is 11.4 Å². The fourth-order valence-corrected chi connectivity index (χ4v) is 5.12. The van der Waals surface area contributed by atoms with E-state index in [2.05, 4.69) is 5.32 Å². The number of rotatable bonds is 6. The van der Waals surface area contributed by atoms with Crippen molar-refractivity contribution in [1.29, 1.82) is 0 Å². The molecule has 2 unspecified atom stereocenters. The molecule has 0 bridgehead atoms. The number of aliphatic hydroxyl groups excluding tert-OH is 1.